The molecule has 0 aliphatic carbocycles. The van der Waals surface area contributed by atoms with Gasteiger partial charge in [-0.15, -0.1) is 0 Å². The Morgan fingerprint density at radius 2 is 2.06 bits per heavy atom. The fourth-order valence-corrected chi connectivity index (χ4v) is 1.74. The van der Waals surface area contributed by atoms with Gasteiger partial charge in [0.1, 0.15) is 10.8 Å². The topological polar surface area (TPSA) is 54.9 Å². The van der Waals surface area contributed by atoms with Gasteiger partial charge in [-0.2, -0.15) is 0 Å². The number of carbonyl (C=O) groups is 1. The van der Waals surface area contributed by atoms with Crippen LogP contribution in [0.4, 0.5) is 5.69 Å². The molecule has 0 bridgehead atoms. The number of aromatic nitrogens is 2. The minimum atomic E-state index is -0.322. The molecule has 2 aromatic rings. The first-order chi connectivity index (χ1) is 8.56. The molecule has 0 fully saturated rings. The van der Waals surface area contributed by atoms with Crippen molar-refractivity contribution in [3.63, 3.8) is 0 Å². The average molecular weight is 262 g/mol. The quantitative estimate of drug-likeness (QED) is 0.904. The summed E-state index contributed by atoms with van der Waals surface area (Å²) in [4.78, 5) is 19.7. The normalized spacial score (nSPS) is 10.2. The molecule has 0 aliphatic rings. The van der Waals surface area contributed by atoms with Crippen LogP contribution in [0.2, 0.25) is 5.15 Å². The monoisotopic (exact) mass is 261 g/mol. The van der Waals surface area contributed by atoms with Crippen molar-refractivity contribution in [3.05, 3.63) is 52.6 Å². The van der Waals surface area contributed by atoms with Crippen LogP contribution >= 0.6 is 11.6 Å². The lowest BCUT2D eigenvalue weighted by atomic mass is 10.1. The first-order valence-electron chi connectivity index (χ1n) is 5.42. The van der Waals surface area contributed by atoms with Crippen LogP contribution in [-0.4, -0.2) is 15.9 Å². The number of carbonyl (C=O) groups excluding carboxylic acids is 1. The minimum Gasteiger partial charge on any atom is -0.320 e. The van der Waals surface area contributed by atoms with Crippen molar-refractivity contribution in [3.8, 4) is 0 Å². The van der Waals surface area contributed by atoms with E-state index in [9.17, 15) is 4.79 Å². The number of hydrogen-bond acceptors (Lipinski definition) is 3. The van der Waals surface area contributed by atoms with Gasteiger partial charge < -0.3 is 5.32 Å². The Labute approximate surface area is 110 Å². The summed E-state index contributed by atoms with van der Waals surface area (Å²) in [5, 5.41) is 2.98. The van der Waals surface area contributed by atoms with Crippen LogP contribution in [0, 0.1) is 13.8 Å². The summed E-state index contributed by atoms with van der Waals surface area (Å²) in [7, 11) is 0. The van der Waals surface area contributed by atoms with E-state index < -0.39 is 0 Å². The Morgan fingerprint density at radius 3 is 2.72 bits per heavy atom. The highest BCUT2D eigenvalue weighted by atomic mass is 35.5. The van der Waals surface area contributed by atoms with E-state index in [1.54, 1.807) is 0 Å². The molecule has 0 unspecified atom stereocenters. The lowest BCUT2D eigenvalue weighted by molar-refractivity contribution is 0.102. The molecule has 1 N–H and O–H groups in total. The van der Waals surface area contributed by atoms with E-state index in [2.05, 4.69) is 15.3 Å². The van der Waals surface area contributed by atoms with Crippen LogP contribution in [0.1, 0.15) is 21.6 Å². The highest BCUT2D eigenvalue weighted by Crippen LogP contribution is 2.16. The number of benzene rings is 1. The standard InChI is InChI=1S/C13H12ClN3O/c1-8-3-4-10(9(2)5-8)17-13(18)11-6-15-7-12(14)16-11/h3-7H,1-2H3,(H,17,18). The van der Waals surface area contributed by atoms with Gasteiger partial charge in [0, 0.05) is 5.69 Å². The van der Waals surface area contributed by atoms with Crippen LogP contribution in [-0.2, 0) is 0 Å². The van der Waals surface area contributed by atoms with Gasteiger partial charge in [0.05, 0.1) is 12.4 Å². The second kappa shape index (κ2) is 5.14. The SMILES string of the molecule is Cc1ccc(NC(=O)c2cncc(Cl)n2)c(C)c1. The van der Waals surface area contributed by atoms with E-state index in [0.717, 1.165) is 16.8 Å². The summed E-state index contributed by atoms with van der Waals surface area (Å²) < 4.78 is 0. The Bertz CT molecular complexity index is 599. The maximum Gasteiger partial charge on any atom is 0.275 e. The molecule has 92 valence electrons. The second-order valence-electron chi connectivity index (χ2n) is 4.00. The zero-order chi connectivity index (χ0) is 13.1. The minimum absolute atomic E-state index is 0.197. The first-order valence-corrected chi connectivity index (χ1v) is 5.80. The molecule has 1 aromatic carbocycles. The van der Waals surface area contributed by atoms with Gasteiger partial charge in [0.2, 0.25) is 0 Å². The number of nitrogens with zero attached hydrogens (tertiary/aromatic N) is 2. The highest BCUT2D eigenvalue weighted by molar-refractivity contribution is 6.29. The smallest absolute Gasteiger partial charge is 0.275 e. The summed E-state index contributed by atoms with van der Waals surface area (Å²) in [6, 6.07) is 5.80. The van der Waals surface area contributed by atoms with Crippen molar-refractivity contribution < 1.29 is 4.79 Å². The third kappa shape index (κ3) is 2.84. The summed E-state index contributed by atoms with van der Waals surface area (Å²) in [6.07, 6.45) is 2.76. The van der Waals surface area contributed by atoms with Gasteiger partial charge in [-0.25, -0.2) is 4.98 Å². The maximum atomic E-state index is 11.9. The van der Waals surface area contributed by atoms with Crippen LogP contribution in [0.15, 0.2) is 30.6 Å². The van der Waals surface area contributed by atoms with Crippen molar-refractivity contribution in [2.75, 3.05) is 5.32 Å². The Morgan fingerprint density at radius 1 is 1.28 bits per heavy atom. The number of rotatable bonds is 2. The first kappa shape index (κ1) is 12.5. The molecular weight excluding hydrogens is 250 g/mol. The number of amides is 1. The third-order valence-corrected chi connectivity index (χ3v) is 2.65. The molecule has 1 amide bonds. The van der Waals surface area contributed by atoms with Gasteiger partial charge in [-0.1, -0.05) is 29.3 Å². The molecule has 0 saturated heterocycles. The predicted molar refractivity (Wildman–Crippen MR) is 70.9 cm³/mol. The number of anilines is 1. The Kier molecular flexibility index (Phi) is 3.58. The van der Waals surface area contributed by atoms with Crippen molar-refractivity contribution in [1.29, 1.82) is 0 Å². The summed E-state index contributed by atoms with van der Waals surface area (Å²) >= 11 is 5.69. The molecule has 0 saturated carbocycles. The number of halogens is 1. The van der Waals surface area contributed by atoms with E-state index >= 15 is 0 Å². The highest BCUT2D eigenvalue weighted by Gasteiger charge is 2.10. The van der Waals surface area contributed by atoms with Crippen molar-refractivity contribution >= 4 is 23.2 Å². The molecule has 1 heterocycles. The summed E-state index contributed by atoms with van der Waals surface area (Å²) in [6.45, 7) is 3.94. The summed E-state index contributed by atoms with van der Waals surface area (Å²) in [5.41, 5.74) is 3.10. The molecule has 0 aliphatic heterocycles. The Hall–Kier alpha value is -1.94. The van der Waals surface area contributed by atoms with Crippen LogP contribution in [0.3, 0.4) is 0 Å². The fourth-order valence-electron chi connectivity index (χ4n) is 1.59. The van der Waals surface area contributed by atoms with Crippen LogP contribution in [0.25, 0.3) is 0 Å². The lowest BCUT2D eigenvalue weighted by Crippen LogP contribution is -2.14. The van der Waals surface area contributed by atoms with Gasteiger partial charge >= 0.3 is 0 Å². The fraction of sp³-hybridized carbons (Fsp3) is 0.154. The Balaban J connectivity index is 2.21. The molecule has 0 atom stereocenters. The largest absolute Gasteiger partial charge is 0.320 e. The summed E-state index contributed by atoms with van der Waals surface area (Å²) in [5.74, 6) is -0.322. The van der Waals surface area contributed by atoms with Crippen molar-refractivity contribution in [1.82, 2.24) is 9.97 Å². The van der Waals surface area contributed by atoms with E-state index in [1.165, 1.54) is 12.4 Å². The second-order valence-corrected chi connectivity index (χ2v) is 4.39. The van der Waals surface area contributed by atoms with E-state index in [-0.39, 0.29) is 16.8 Å². The molecule has 0 spiro atoms. The van der Waals surface area contributed by atoms with Crippen molar-refractivity contribution in [2.24, 2.45) is 0 Å². The number of nitrogens with one attached hydrogen (secondary N) is 1. The van der Waals surface area contributed by atoms with Crippen LogP contribution in [0.5, 0.6) is 0 Å². The van der Waals surface area contributed by atoms with E-state index in [4.69, 9.17) is 11.6 Å². The van der Waals surface area contributed by atoms with E-state index in [0.29, 0.717) is 0 Å². The maximum absolute atomic E-state index is 11.9. The number of aryl methyl sites for hydroxylation is 2. The van der Waals surface area contributed by atoms with Gasteiger partial charge in [0.15, 0.2) is 0 Å². The van der Waals surface area contributed by atoms with Gasteiger partial charge in [-0.05, 0) is 25.5 Å². The number of hydrogen-bond donors (Lipinski definition) is 1. The molecule has 4 nitrogen and oxygen atoms in total. The van der Waals surface area contributed by atoms with Gasteiger partial charge in [0.25, 0.3) is 5.91 Å². The molecular formula is C13H12ClN3O. The van der Waals surface area contributed by atoms with Crippen LogP contribution < -0.4 is 5.32 Å². The molecule has 1 aromatic heterocycles. The van der Waals surface area contributed by atoms with Crippen molar-refractivity contribution in [2.45, 2.75) is 13.8 Å². The molecule has 2 rings (SSSR count). The van der Waals surface area contributed by atoms with Gasteiger partial charge in [-0.3, -0.25) is 9.78 Å². The zero-order valence-corrected chi connectivity index (χ0v) is 10.8. The third-order valence-electron chi connectivity index (χ3n) is 2.47. The molecule has 18 heavy (non-hydrogen) atoms. The molecule has 0 radical (unpaired) electrons. The lowest BCUT2D eigenvalue weighted by Gasteiger charge is -2.08. The predicted octanol–water partition coefficient (Wildman–Crippen LogP) is 3.00. The van der Waals surface area contributed by atoms with E-state index in [1.807, 2.05) is 32.0 Å². The average Bonchev–Trinajstić information content (AvgIpc) is 2.32. The zero-order valence-electron chi connectivity index (χ0n) is 10.1. The molecule has 5 heteroatoms.